The number of nitrogens with one attached hydrogen (secondary N) is 2. The molecule has 2 saturated carbocycles. The van der Waals surface area contributed by atoms with Crippen LogP contribution in [-0.2, 0) is 4.74 Å². The van der Waals surface area contributed by atoms with Gasteiger partial charge in [0, 0.05) is 58.2 Å². The zero-order valence-electron chi connectivity index (χ0n) is 22.7. The van der Waals surface area contributed by atoms with E-state index in [4.69, 9.17) is 4.74 Å². The second-order valence-electron chi connectivity index (χ2n) is 11.8. The van der Waals surface area contributed by atoms with E-state index >= 15 is 0 Å². The van der Waals surface area contributed by atoms with Crippen molar-refractivity contribution in [2.45, 2.75) is 114 Å². The van der Waals surface area contributed by atoms with Crippen LogP contribution in [0.3, 0.4) is 0 Å². The number of aliphatic hydroxyl groups is 1. The summed E-state index contributed by atoms with van der Waals surface area (Å²) in [5, 5.41) is 18.5. The van der Waals surface area contributed by atoms with Gasteiger partial charge in [-0.1, -0.05) is 19.3 Å². The second kappa shape index (κ2) is 14.2. The fourth-order valence-corrected chi connectivity index (χ4v) is 7.01. The molecule has 3 atom stereocenters. The Hall–Kier alpha value is -0.990. The zero-order valence-corrected chi connectivity index (χ0v) is 22.7. The van der Waals surface area contributed by atoms with E-state index in [0.29, 0.717) is 45.0 Å². The predicted octanol–water partition coefficient (Wildman–Crippen LogP) is 5.34. The molecule has 36 heavy (non-hydrogen) atoms. The van der Waals surface area contributed by atoms with Crippen LogP contribution in [0.1, 0.15) is 96.3 Å². The number of halogens is 2. The van der Waals surface area contributed by atoms with E-state index in [9.17, 15) is 18.7 Å². The van der Waals surface area contributed by atoms with Gasteiger partial charge in [0.15, 0.2) is 0 Å². The number of carbonyl (C=O) groups is 1. The van der Waals surface area contributed by atoms with Crippen LogP contribution in [0.25, 0.3) is 0 Å². The van der Waals surface area contributed by atoms with Crippen molar-refractivity contribution in [3.05, 3.63) is 0 Å². The lowest BCUT2D eigenvalue weighted by atomic mass is 9.66. The van der Waals surface area contributed by atoms with Gasteiger partial charge in [-0.2, -0.15) is 0 Å². The van der Waals surface area contributed by atoms with E-state index in [1.807, 2.05) is 11.9 Å². The summed E-state index contributed by atoms with van der Waals surface area (Å²) < 4.78 is 32.4. The highest BCUT2D eigenvalue weighted by Crippen LogP contribution is 2.43. The van der Waals surface area contributed by atoms with Gasteiger partial charge in [0.2, 0.25) is 5.92 Å². The number of carbonyl (C=O) groups excluding carboxylic acids is 1. The van der Waals surface area contributed by atoms with Gasteiger partial charge >= 0.3 is 6.03 Å². The third-order valence-corrected chi connectivity index (χ3v) is 9.14. The number of likely N-dealkylation sites (N-methyl/N-ethyl adjacent to an activating group) is 1. The highest BCUT2D eigenvalue weighted by molar-refractivity contribution is 5.74. The Balaban J connectivity index is 1.60. The lowest BCUT2D eigenvalue weighted by Gasteiger charge is -2.48. The van der Waals surface area contributed by atoms with Crippen molar-refractivity contribution >= 4 is 6.03 Å². The fourth-order valence-electron chi connectivity index (χ4n) is 7.01. The highest BCUT2D eigenvalue weighted by atomic mass is 19.3. The lowest BCUT2D eigenvalue weighted by Crippen LogP contribution is -2.56. The van der Waals surface area contributed by atoms with Crippen LogP contribution in [0.15, 0.2) is 0 Å². The largest absolute Gasteiger partial charge is 0.389 e. The molecule has 8 heteroatoms. The molecule has 210 valence electrons. The molecule has 0 aromatic carbocycles. The van der Waals surface area contributed by atoms with Crippen molar-refractivity contribution in [2.24, 2.45) is 17.8 Å². The lowest BCUT2D eigenvalue weighted by molar-refractivity contribution is -0.104. The van der Waals surface area contributed by atoms with Crippen LogP contribution in [0.4, 0.5) is 13.6 Å². The number of amides is 2. The van der Waals surface area contributed by atoms with Gasteiger partial charge in [0.05, 0.1) is 5.60 Å². The molecule has 0 radical (unpaired) electrons. The summed E-state index contributed by atoms with van der Waals surface area (Å²) >= 11 is 0. The van der Waals surface area contributed by atoms with Gasteiger partial charge in [-0.25, -0.2) is 13.6 Å². The molecule has 3 unspecified atom stereocenters. The van der Waals surface area contributed by atoms with Crippen molar-refractivity contribution in [1.29, 1.82) is 0 Å². The van der Waals surface area contributed by atoms with E-state index in [-0.39, 0.29) is 36.8 Å². The Kier molecular flexibility index (Phi) is 11.7. The molecule has 6 nitrogen and oxygen atoms in total. The first-order chi connectivity index (χ1) is 17.3. The van der Waals surface area contributed by atoms with E-state index in [2.05, 4.69) is 10.6 Å². The maximum atomic E-state index is 13.6. The number of methoxy groups -OCH3 is 1. The first-order valence-corrected chi connectivity index (χ1v) is 14.6. The van der Waals surface area contributed by atoms with Crippen LogP contribution in [0.5, 0.6) is 0 Å². The number of piperidine rings is 1. The minimum absolute atomic E-state index is 0.0458. The van der Waals surface area contributed by atoms with Crippen LogP contribution >= 0.6 is 0 Å². The van der Waals surface area contributed by atoms with E-state index in [1.165, 1.54) is 19.3 Å². The summed E-state index contributed by atoms with van der Waals surface area (Å²) in [7, 11) is 3.58. The standard InChI is InChI=1S/C28H51F2N3O3/c1-31-20-25(19-22-12-15-27(29,30)16-13-22)32-26(34)33-17-8-11-24(21-33)28(35,14-6-7-18-36-2)23-9-4-3-5-10-23/h22-25,31,35H,3-21H2,1-2H3,(H,32,34). The average molecular weight is 516 g/mol. The van der Waals surface area contributed by atoms with Crippen LogP contribution in [-0.4, -0.2) is 74.0 Å². The first kappa shape index (κ1) is 29.6. The van der Waals surface area contributed by atoms with Crippen LogP contribution in [0.2, 0.25) is 0 Å². The minimum atomic E-state index is -2.53. The number of nitrogens with zero attached hydrogens (tertiary/aromatic N) is 1. The van der Waals surface area contributed by atoms with Crippen molar-refractivity contribution in [3.63, 3.8) is 0 Å². The zero-order chi connectivity index (χ0) is 26.0. The Bertz CT molecular complexity index is 652. The number of hydrogen-bond donors (Lipinski definition) is 3. The summed E-state index contributed by atoms with van der Waals surface area (Å²) in [6.45, 7) is 2.63. The molecule has 2 amide bonds. The molecule has 1 heterocycles. The molecule has 1 aliphatic heterocycles. The quantitative estimate of drug-likeness (QED) is 0.307. The molecule has 3 rings (SSSR count). The van der Waals surface area contributed by atoms with Gasteiger partial charge in [-0.05, 0) is 83.1 Å². The van der Waals surface area contributed by atoms with Gasteiger partial charge in [-0.15, -0.1) is 0 Å². The van der Waals surface area contributed by atoms with E-state index in [1.54, 1.807) is 7.11 Å². The van der Waals surface area contributed by atoms with E-state index < -0.39 is 11.5 Å². The Labute approximate surface area is 217 Å². The second-order valence-corrected chi connectivity index (χ2v) is 11.8. The number of alkyl halides is 2. The maximum absolute atomic E-state index is 13.6. The van der Waals surface area contributed by atoms with Crippen LogP contribution in [0, 0.1) is 17.8 Å². The third-order valence-electron chi connectivity index (χ3n) is 9.14. The van der Waals surface area contributed by atoms with Gasteiger partial charge in [0.25, 0.3) is 0 Å². The van der Waals surface area contributed by atoms with Crippen molar-refractivity contribution in [3.8, 4) is 0 Å². The van der Waals surface area contributed by atoms with Crippen molar-refractivity contribution in [1.82, 2.24) is 15.5 Å². The monoisotopic (exact) mass is 515 g/mol. The smallest absolute Gasteiger partial charge is 0.317 e. The molecule has 1 saturated heterocycles. The number of urea groups is 1. The number of unbranched alkanes of at least 4 members (excludes halogenated alkanes) is 1. The topological polar surface area (TPSA) is 73.8 Å². The summed E-state index contributed by atoms with van der Waals surface area (Å²) in [5.41, 5.74) is -0.731. The Morgan fingerprint density at radius 2 is 1.78 bits per heavy atom. The molecule has 3 fully saturated rings. The normalized spacial score (nSPS) is 26.4. The molecule has 0 aromatic rings. The SMILES string of the molecule is CNCC(CC1CCC(F)(F)CC1)NC(=O)N1CCCC(C(O)(CCCCOC)C2CCCCC2)C1. The Morgan fingerprint density at radius 3 is 2.44 bits per heavy atom. The van der Waals surface area contributed by atoms with Gasteiger partial charge in [-0.3, -0.25) is 0 Å². The highest BCUT2D eigenvalue weighted by Gasteiger charge is 2.45. The van der Waals surface area contributed by atoms with Crippen molar-refractivity contribution in [2.75, 3.05) is 40.4 Å². The number of ether oxygens (including phenoxy) is 1. The number of hydrogen-bond acceptors (Lipinski definition) is 4. The number of likely N-dealkylation sites (tertiary alicyclic amines) is 1. The summed E-state index contributed by atoms with van der Waals surface area (Å²) in [6.07, 6.45) is 12.0. The van der Waals surface area contributed by atoms with Gasteiger partial charge in [0.1, 0.15) is 0 Å². The Morgan fingerprint density at radius 1 is 1.08 bits per heavy atom. The van der Waals surface area contributed by atoms with Crippen molar-refractivity contribution < 1.29 is 23.4 Å². The maximum Gasteiger partial charge on any atom is 0.317 e. The number of rotatable bonds is 12. The first-order valence-electron chi connectivity index (χ1n) is 14.6. The molecule has 0 spiro atoms. The molecule has 0 bridgehead atoms. The molecular weight excluding hydrogens is 464 g/mol. The molecule has 0 aromatic heterocycles. The summed E-state index contributed by atoms with van der Waals surface area (Å²) in [4.78, 5) is 15.2. The summed E-state index contributed by atoms with van der Waals surface area (Å²) in [5.74, 6) is -1.91. The molecule has 3 N–H and O–H groups in total. The molecular formula is C28H51F2N3O3. The molecule has 3 aliphatic rings. The van der Waals surface area contributed by atoms with E-state index in [0.717, 1.165) is 51.4 Å². The summed E-state index contributed by atoms with van der Waals surface area (Å²) in [6, 6.07) is -0.155. The average Bonchev–Trinajstić information content (AvgIpc) is 2.88. The predicted molar refractivity (Wildman–Crippen MR) is 139 cm³/mol. The minimum Gasteiger partial charge on any atom is -0.389 e. The fraction of sp³-hybridized carbons (Fsp3) is 0.964. The third kappa shape index (κ3) is 8.52. The molecule has 2 aliphatic carbocycles. The van der Waals surface area contributed by atoms with Crippen LogP contribution < -0.4 is 10.6 Å². The van der Waals surface area contributed by atoms with Gasteiger partial charge < -0.3 is 25.4 Å².